The molecule has 1 aliphatic rings. The number of hydrogen-bond acceptors (Lipinski definition) is 4. The molecule has 1 aromatic heterocycles. The van der Waals surface area contributed by atoms with Crippen LogP contribution in [0.3, 0.4) is 0 Å². The molecule has 0 amide bonds. The molecule has 0 spiro atoms. The van der Waals surface area contributed by atoms with Crippen molar-refractivity contribution in [3.05, 3.63) is 47.7 Å². The number of rotatable bonds is 5. The topological polar surface area (TPSA) is 62.6 Å². The summed E-state index contributed by atoms with van der Waals surface area (Å²) < 4.78 is 44.7. The summed E-state index contributed by atoms with van der Waals surface area (Å²) in [6.07, 6.45) is 1.35. The lowest BCUT2D eigenvalue weighted by atomic mass is 10.2. The Bertz CT molecular complexity index is 801. The van der Waals surface area contributed by atoms with Crippen LogP contribution in [-0.4, -0.2) is 20.7 Å². The summed E-state index contributed by atoms with van der Waals surface area (Å²) in [5.74, 6) is 1.22. The maximum atomic E-state index is 14.0. The first-order valence-electron chi connectivity index (χ1n) is 7.61. The molecule has 1 aliphatic heterocycles. The molecule has 0 atom stereocenters. The van der Waals surface area contributed by atoms with E-state index in [1.165, 1.54) is 12.1 Å². The molecule has 2 heterocycles. The van der Waals surface area contributed by atoms with E-state index in [0.717, 1.165) is 22.2 Å². The fraction of sp³-hybridized carbons (Fsp3) is 0.375. The van der Waals surface area contributed by atoms with Gasteiger partial charge in [-0.2, -0.15) is 0 Å². The fourth-order valence-corrected chi connectivity index (χ4v) is 4.18. The predicted octanol–water partition coefficient (Wildman–Crippen LogP) is 3.13. The Morgan fingerprint density at radius 3 is 2.70 bits per heavy atom. The van der Waals surface area contributed by atoms with E-state index in [1.54, 1.807) is 6.07 Å². The van der Waals surface area contributed by atoms with Crippen LogP contribution in [0.15, 0.2) is 34.7 Å². The molecule has 3 rings (SSSR count). The monoisotopic (exact) mass is 338 g/mol. The van der Waals surface area contributed by atoms with Crippen LogP contribution in [0.2, 0.25) is 0 Å². The molecule has 5 nitrogen and oxygen atoms in total. The highest BCUT2D eigenvalue weighted by molar-refractivity contribution is 7.93. The minimum absolute atomic E-state index is 0.0658. The van der Waals surface area contributed by atoms with Gasteiger partial charge in [-0.15, -0.1) is 0 Å². The summed E-state index contributed by atoms with van der Waals surface area (Å²) in [7, 11) is -3.40. The molecule has 1 saturated heterocycles. The molecule has 0 radical (unpaired) electrons. The Hall–Kier alpha value is -2.02. The second-order valence-corrected chi connectivity index (χ2v) is 7.50. The van der Waals surface area contributed by atoms with Gasteiger partial charge in [0.05, 0.1) is 18.0 Å². The van der Waals surface area contributed by atoms with E-state index >= 15 is 0 Å². The molecular formula is C16H19FN2O3S. The number of aryl methyl sites for hydroxylation is 1. The Kier molecular flexibility index (Phi) is 4.30. The number of benzene rings is 1. The van der Waals surface area contributed by atoms with Crippen LogP contribution in [0.25, 0.3) is 0 Å². The van der Waals surface area contributed by atoms with Crippen LogP contribution in [0.5, 0.6) is 0 Å². The lowest BCUT2D eigenvalue weighted by Crippen LogP contribution is -2.26. The van der Waals surface area contributed by atoms with Crippen molar-refractivity contribution in [3.63, 3.8) is 0 Å². The van der Waals surface area contributed by atoms with Gasteiger partial charge in [0.1, 0.15) is 17.3 Å². The largest absolute Gasteiger partial charge is 0.464 e. The third-order valence-electron chi connectivity index (χ3n) is 3.85. The summed E-state index contributed by atoms with van der Waals surface area (Å²) in [5.41, 5.74) is 0.749. The smallest absolute Gasteiger partial charge is 0.235 e. The van der Waals surface area contributed by atoms with Gasteiger partial charge in [-0.1, -0.05) is 6.92 Å². The minimum Gasteiger partial charge on any atom is -0.464 e. The lowest BCUT2D eigenvalue weighted by Gasteiger charge is -2.18. The maximum absolute atomic E-state index is 14.0. The van der Waals surface area contributed by atoms with Crippen LogP contribution >= 0.6 is 0 Å². The van der Waals surface area contributed by atoms with Gasteiger partial charge < -0.3 is 9.73 Å². The molecule has 0 unspecified atom stereocenters. The second kappa shape index (κ2) is 6.23. The zero-order valence-electron chi connectivity index (χ0n) is 12.9. The third kappa shape index (κ3) is 3.34. The van der Waals surface area contributed by atoms with Gasteiger partial charge in [-0.05, 0) is 36.8 Å². The van der Waals surface area contributed by atoms with Crippen molar-refractivity contribution in [1.29, 1.82) is 0 Å². The molecule has 124 valence electrons. The highest BCUT2D eigenvalue weighted by Gasteiger charge is 2.30. The standard InChI is InChI=1S/C16H19FN2O3S/c1-2-13-5-6-14(22-13)11-18-12-4-7-15(17)16(10-12)19-8-3-9-23(19,20)21/h4-7,10,18H,2-3,8-9,11H2,1H3. The Morgan fingerprint density at radius 2 is 2.04 bits per heavy atom. The average Bonchev–Trinajstić information content (AvgIpc) is 3.12. The molecule has 23 heavy (non-hydrogen) atoms. The van der Waals surface area contributed by atoms with Crippen LogP contribution in [0.1, 0.15) is 24.9 Å². The second-order valence-electron chi connectivity index (χ2n) is 5.48. The van der Waals surface area contributed by atoms with Crippen LogP contribution in [0, 0.1) is 5.82 Å². The molecule has 1 aromatic carbocycles. The normalized spacial score (nSPS) is 16.7. The van der Waals surface area contributed by atoms with Gasteiger partial charge >= 0.3 is 0 Å². The van der Waals surface area contributed by atoms with Crippen molar-refractivity contribution in [2.75, 3.05) is 21.9 Å². The lowest BCUT2D eigenvalue weighted by molar-refractivity contribution is 0.476. The Morgan fingerprint density at radius 1 is 1.26 bits per heavy atom. The number of nitrogens with zero attached hydrogens (tertiary/aromatic N) is 1. The number of furan rings is 1. The van der Waals surface area contributed by atoms with Crippen molar-refractivity contribution in [2.24, 2.45) is 0 Å². The van der Waals surface area contributed by atoms with Crippen molar-refractivity contribution in [1.82, 2.24) is 0 Å². The number of hydrogen-bond donors (Lipinski definition) is 1. The highest BCUT2D eigenvalue weighted by atomic mass is 32.2. The summed E-state index contributed by atoms with van der Waals surface area (Å²) in [5, 5.41) is 3.13. The predicted molar refractivity (Wildman–Crippen MR) is 87.6 cm³/mol. The van der Waals surface area contributed by atoms with E-state index in [1.807, 2.05) is 19.1 Å². The van der Waals surface area contributed by atoms with Crippen LogP contribution in [0.4, 0.5) is 15.8 Å². The minimum atomic E-state index is -3.40. The quantitative estimate of drug-likeness (QED) is 0.910. The molecule has 1 N–H and O–H groups in total. The van der Waals surface area contributed by atoms with E-state index in [9.17, 15) is 12.8 Å². The number of anilines is 2. The highest BCUT2D eigenvalue weighted by Crippen LogP contribution is 2.29. The first-order valence-corrected chi connectivity index (χ1v) is 9.22. The van der Waals surface area contributed by atoms with E-state index in [2.05, 4.69) is 5.32 Å². The summed E-state index contributed by atoms with van der Waals surface area (Å²) in [6.45, 7) is 2.79. The van der Waals surface area contributed by atoms with Gasteiger partial charge in [0.15, 0.2) is 0 Å². The molecule has 1 fully saturated rings. The van der Waals surface area contributed by atoms with Crippen molar-refractivity contribution in [2.45, 2.75) is 26.3 Å². The molecule has 0 saturated carbocycles. The number of halogens is 1. The average molecular weight is 338 g/mol. The van der Waals surface area contributed by atoms with E-state index in [4.69, 9.17) is 4.42 Å². The van der Waals surface area contributed by atoms with Crippen LogP contribution < -0.4 is 9.62 Å². The Labute approximate surface area is 135 Å². The number of sulfonamides is 1. The molecule has 2 aromatic rings. The van der Waals surface area contributed by atoms with Gasteiger partial charge in [0, 0.05) is 18.7 Å². The zero-order valence-corrected chi connectivity index (χ0v) is 13.7. The van der Waals surface area contributed by atoms with Gasteiger partial charge in [-0.25, -0.2) is 12.8 Å². The molecular weight excluding hydrogens is 319 g/mol. The third-order valence-corrected chi connectivity index (χ3v) is 5.70. The van der Waals surface area contributed by atoms with Crippen molar-refractivity contribution in [3.8, 4) is 0 Å². The van der Waals surface area contributed by atoms with Gasteiger partial charge in [-0.3, -0.25) is 4.31 Å². The van der Waals surface area contributed by atoms with Crippen LogP contribution in [-0.2, 0) is 23.0 Å². The van der Waals surface area contributed by atoms with Gasteiger partial charge in [0.2, 0.25) is 10.0 Å². The Balaban J connectivity index is 1.77. The van der Waals surface area contributed by atoms with E-state index < -0.39 is 15.8 Å². The first kappa shape index (κ1) is 15.9. The zero-order chi connectivity index (χ0) is 16.4. The van der Waals surface area contributed by atoms with Crippen molar-refractivity contribution < 1.29 is 17.2 Å². The maximum Gasteiger partial charge on any atom is 0.235 e. The molecule has 0 bridgehead atoms. The van der Waals surface area contributed by atoms with Crippen molar-refractivity contribution >= 4 is 21.4 Å². The summed E-state index contributed by atoms with van der Waals surface area (Å²) in [6, 6.07) is 8.21. The van der Waals surface area contributed by atoms with E-state index in [0.29, 0.717) is 25.2 Å². The fourth-order valence-electron chi connectivity index (χ4n) is 2.62. The van der Waals surface area contributed by atoms with Gasteiger partial charge in [0.25, 0.3) is 0 Å². The molecule has 7 heteroatoms. The SMILES string of the molecule is CCc1ccc(CNc2ccc(F)c(N3CCCS3(=O)=O)c2)o1. The summed E-state index contributed by atoms with van der Waals surface area (Å²) >= 11 is 0. The van der Waals surface area contributed by atoms with E-state index in [-0.39, 0.29) is 11.4 Å². The number of nitrogens with one attached hydrogen (secondary N) is 1. The molecule has 0 aliphatic carbocycles. The summed E-state index contributed by atoms with van der Waals surface area (Å²) in [4.78, 5) is 0. The first-order chi connectivity index (χ1) is 11.0.